The number of rotatable bonds is 2. The Morgan fingerprint density at radius 2 is 2.00 bits per heavy atom. The Morgan fingerprint density at radius 3 is 2.75 bits per heavy atom. The molecule has 0 spiro atoms. The number of amides is 1. The third kappa shape index (κ3) is 2.75. The summed E-state index contributed by atoms with van der Waals surface area (Å²) in [5.74, 6) is 1.15. The molecule has 1 N–H and O–H groups in total. The quantitative estimate of drug-likeness (QED) is 0.732. The summed E-state index contributed by atoms with van der Waals surface area (Å²) < 4.78 is 5.92. The molecule has 0 saturated carbocycles. The van der Waals surface area contributed by atoms with Gasteiger partial charge in [-0.2, -0.15) is 0 Å². The average Bonchev–Trinajstić information content (AvgIpc) is 3.30. The van der Waals surface area contributed by atoms with E-state index in [0.29, 0.717) is 25.2 Å². The number of hydrogen-bond donors (Lipinski definition) is 1. The molecule has 1 aromatic carbocycles. The summed E-state index contributed by atoms with van der Waals surface area (Å²) in [4.78, 5) is 35.1. The van der Waals surface area contributed by atoms with Crippen LogP contribution in [0.2, 0.25) is 0 Å². The van der Waals surface area contributed by atoms with Gasteiger partial charge in [-0.1, -0.05) is 12.1 Å². The molecule has 5 rings (SSSR count). The zero-order valence-electron chi connectivity index (χ0n) is 16.0. The standard InChI is InChI=1S/C22H23N3O3/c1-13-19-16(6-4-7-17(19)26)23-20(13)22(27)25-11-9-14(10-12-25)21-24-15-5-2-3-8-18(15)28-21/h2-3,5,8,14,23H,4,6-7,9-12H2,1H3. The fourth-order valence-corrected chi connectivity index (χ4v) is 4.54. The number of aromatic amines is 1. The van der Waals surface area contributed by atoms with Gasteiger partial charge < -0.3 is 14.3 Å². The third-order valence-corrected chi connectivity index (χ3v) is 6.09. The molecule has 1 aliphatic carbocycles. The molecule has 6 heteroatoms. The molecule has 1 aliphatic heterocycles. The fourth-order valence-electron chi connectivity index (χ4n) is 4.54. The fraction of sp³-hybridized carbons (Fsp3) is 0.409. The number of ketones is 1. The molecule has 0 radical (unpaired) electrons. The highest BCUT2D eigenvalue weighted by atomic mass is 16.3. The Balaban J connectivity index is 1.32. The Bertz CT molecular complexity index is 1040. The van der Waals surface area contributed by atoms with E-state index in [2.05, 4.69) is 9.97 Å². The largest absolute Gasteiger partial charge is 0.440 e. The number of nitrogens with one attached hydrogen (secondary N) is 1. The number of piperidine rings is 1. The number of fused-ring (bicyclic) bond motifs is 2. The van der Waals surface area contributed by atoms with Crippen molar-refractivity contribution in [1.29, 1.82) is 0 Å². The summed E-state index contributed by atoms with van der Waals surface area (Å²) in [6.07, 6.45) is 3.94. The molecule has 2 aromatic heterocycles. The van der Waals surface area contributed by atoms with E-state index in [0.717, 1.165) is 59.5 Å². The molecule has 6 nitrogen and oxygen atoms in total. The van der Waals surface area contributed by atoms with Crippen molar-refractivity contribution in [2.24, 2.45) is 0 Å². The second-order valence-electron chi connectivity index (χ2n) is 7.84. The van der Waals surface area contributed by atoms with E-state index in [-0.39, 0.29) is 17.6 Å². The first kappa shape index (κ1) is 17.2. The molecule has 0 bridgehead atoms. The van der Waals surface area contributed by atoms with E-state index >= 15 is 0 Å². The Hall–Kier alpha value is -2.89. The van der Waals surface area contributed by atoms with Gasteiger partial charge in [0.05, 0.1) is 0 Å². The SMILES string of the molecule is Cc1c(C(=O)N2CCC(c3nc4ccccc4o3)CC2)[nH]c2c1C(=O)CCC2. The number of hydrogen-bond acceptors (Lipinski definition) is 4. The highest BCUT2D eigenvalue weighted by molar-refractivity contribution is 6.04. The monoisotopic (exact) mass is 377 g/mol. The van der Waals surface area contributed by atoms with Gasteiger partial charge in [-0.05, 0) is 50.3 Å². The number of nitrogens with zero attached hydrogens (tertiary/aromatic N) is 2. The van der Waals surface area contributed by atoms with Crippen LogP contribution in [0.3, 0.4) is 0 Å². The number of benzene rings is 1. The second kappa shape index (κ2) is 6.62. The minimum Gasteiger partial charge on any atom is -0.440 e. The van der Waals surface area contributed by atoms with Crippen LogP contribution in [0.4, 0.5) is 0 Å². The van der Waals surface area contributed by atoms with Crippen LogP contribution in [0.25, 0.3) is 11.1 Å². The zero-order valence-corrected chi connectivity index (χ0v) is 16.0. The summed E-state index contributed by atoms with van der Waals surface area (Å²) in [5.41, 5.74) is 4.77. The Kier molecular flexibility index (Phi) is 4.07. The van der Waals surface area contributed by atoms with Crippen LogP contribution in [0.5, 0.6) is 0 Å². The zero-order chi connectivity index (χ0) is 19.3. The van der Waals surface area contributed by atoms with E-state index in [9.17, 15) is 9.59 Å². The van der Waals surface area contributed by atoms with Crippen molar-refractivity contribution in [3.05, 3.63) is 52.7 Å². The van der Waals surface area contributed by atoms with E-state index < -0.39 is 0 Å². The Labute approximate surface area is 162 Å². The minimum absolute atomic E-state index is 0.00397. The number of aromatic nitrogens is 2. The van der Waals surface area contributed by atoms with E-state index in [4.69, 9.17) is 4.42 Å². The number of carbonyl (C=O) groups excluding carboxylic acids is 2. The van der Waals surface area contributed by atoms with Crippen LogP contribution in [0.15, 0.2) is 28.7 Å². The minimum atomic E-state index is -0.00397. The van der Waals surface area contributed by atoms with Crippen LogP contribution >= 0.6 is 0 Å². The maximum Gasteiger partial charge on any atom is 0.270 e. The van der Waals surface area contributed by atoms with Crippen molar-refractivity contribution in [2.75, 3.05) is 13.1 Å². The molecule has 144 valence electrons. The van der Waals surface area contributed by atoms with Gasteiger partial charge in [-0.15, -0.1) is 0 Å². The molecule has 0 unspecified atom stereocenters. The van der Waals surface area contributed by atoms with Crippen molar-refractivity contribution >= 4 is 22.8 Å². The van der Waals surface area contributed by atoms with Gasteiger partial charge in [0.2, 0.25) is 0 Å². The predicted molar refractivity (Wildman–Crippen MR) is 105 cm³/mol. The van der Waals surface area contributed by atoms with Crippen molar-refractivity contribution in [2.45, 2.75) is 44.9 Å². The predicted octanol–water partition coefficient (Wildman–Crippen LogP) is 4.00. The highest BCUT2D eigenvalue weighted by Gasteiger charge is 2.31. The summed E-state index contributed by atoms with van der Waals surface area (Å²) in [7, 11) is 0. The van der Waals surface area contributed by atoms with E-state index in [1.165, 1.54) is 0 Å². The number of aryl methyl sites for hydroxylation is 1. The number of Topliss-reactive ketones (excluding diaryl/α,β-unsaturated/α-hetero) is 1. The maximum atomic E-state index is 13.1. The normalized spacial score (nSPS) is 17.9. The van der Waals surface area contributed by atoms with Gasteiger partial charge >= 0.3 is 0 Å². The lowest BCUT2D eigenvalue weighted by molar-refractivity contribution is 0.0700. The van der Waals surface area contributed by atoms with Crippen molar-refractivity contribution in [1.82, 2.24) is 14.9 Å². The molecule has 0 atom stereocenters. The summed E-state index contributed by atoms with van der Waals surface area (Å²) in [6.45, 7) is 3.22. The third-order valence-electron chi connectivity index (χ3n) is 6.09. The van der Waals surface area contributed by atoms with Gasteiger partial charge in [0.1, 0.15) is 11.2 Å². The van der Waals surface area contributed by atoms with Crippen molar-refractivity contribution < 1.29 is 14.0 Å². The smallest absolute Gasteiger partial charge is 0.270 e. The number of likely N-dealkylation sites (tertiary alicyclic amines) is 1. The first-order valence-electron chi connectivity index (χ1n) is 10.0. The number of oxazole rings is 1. The Morgan fingerprint density at radius 1 is 1.21 bits per heavy atom. The first-order valence-corrected chi connectivity index (χ1v) is 10.0. The van der Waals surface area contributed by atoms with Gasteiger partial charge in [0.15, 0.2) is 17.3 Å². The molecular formula is C22H23N3O3. The number of H-pyrrole nitrogens is 1. The van der Waals surface area contributed by atoms with E-state index in [1.807, 2.05) is 36.1 Å². The van der Waals surface area contributed by atoms with Gasteiger partial charge in [-0.3, -0.25) is 9.59 Å². The number of para-hydroxylation sites is 2. The second-order valence-corrected chi connectivity index (χ2v) is 7.84. The molecule has 28 heavy (non-hydrogen) atoms. The topological polar surface area (TPSA) is 79.2 Å². The lowest BCUT2D eigenvalue weighted by atomic mass is 9.93. The van der Waals surface area contributed by atoms with Gasteiger partial charge in [0, 0.05) is 36.7 Å². The van der Waals surface area contributed by atoms with Crippen molar-refractivity contribution in [3.63, 3.8) is 0 Å². The molecule has 2 aliphatic rings. The van der Waals surface area contributed by atoms with Crippen molar-refractivity contribution in [3.8, 4) is 0 Å². The van der Waals surface area contributed by atoms with E-state index in [1.54, 1.807) is 0 Å². The lowest BCUT2D eigenvalue weighted by Crippen LogP contribution is -2.38. The molecule has 1 saturated heterocycles. The van der Waals surface area contributed by atoms with Crippen LogP contribution < -0.4 is 0 Å². The maximum absolute atomic E-state index is 13.1. The first-order chi connectivity index (χ1) is 13.6. The summed E-state index contributed by atoms with van der Waals surface area (Å²) in [6, 6.07) is 7.79. The summed E-state index contributed by atoms with van der Waals surface area (Å²) in [5, 5.41) is 0. The lowest BCUT2D eigenvalue weighted by Gasteiger charge is -2.30. The summed E-state index contributed by atoms with van der Waals surface area (Å²) >= 11 is 0. The van der Waals surface area contributed by atoms with Crippen LogP contribution in [-0.2, 0) is 6.42 Å². The molecule has 1 amide bonds. The molecule has 3 aromatic rings. The number of carbonyl (C=O) groups is 2. The van der Waals surface area contributed by atoms with Crippen LogP contribution in [0, 0.1) is 6.92 Å². The highest BCUT2D eigenvalue weighted by Crippen LogP contribution is 2.32. The van der Waals surface area contributed by atoms with Crippen LogP contribution in [0.1, 0.15) is 69.6 Å². The molecule has 1 fully saturated rings. The van der Waals surface area contributed by atoms with Gasteiger partial charge in [0.25, 0.3) is 5.91 Å². The molecule has 3 heterocycles. The van der Waals surface area contributed by atoms with Crippen LogP contribution in [-0.4, -0.2) is 39.6 Å². The van der Waals surface area contributed by atoms with Gasteiger partial charge in [-0.25, -0.2) is 4.98 Å². The molecular weight excluding hydrogens is 354 g/mol. The average molecular weight is 377 g/mol.